The van der Waals surface area contributed by atoms with Crippen molar-refractivity contribution in [2.24, 2.45) is 11.8 Å². The predicted molar refractivity (Wildman–Crippen MR) is 88.5 cm³/mol. The van der Waals surface area contributed by atoms with Gasteiger partial charge in [-0.05, 0) is 31.0 Å². The fourth-order valence-electron chi connectivity index (χ4n) is 4.14. The molecule has 4 rings (SSSR count). The number of carbonyl (C=O) groups is 2. The Morgan fingerprint density at radius 1 is 1.33 bits per heavy atom. The highest BCUT2D eigenvalue weighted by atomic mass is 16.6. The zero-order valence-corrected chi connectivity index (χ0v) is 13.9. The molecule has 0 aliphatic carbocycles. The number of amides is 1. The lowest BCUT2D eigenvalue weighted by molar-refractivity contribution is -0.151. The minimum absolute atomic E-state index is 0.0517. The Morgan fingerprint density at radius 2 is 2.08 bits per heavy atom. The van der Waals surface area contributed by atoms with E-state index < -0.39 is 17.4 Å². The maximum absolute atomic E-state index is 13.0. The standard InChI is InChI=1S/C19H21NO4/c1-3-12-5-7-13(8-6-12)20-11-19-10-9-14(24-19)15(16(19)17(20)21)18(22)23-4-2/h5-10,14-16H,3-4,11H2,1-2H3/t14-,15-,16-,19+/m0/s1. The molecular weight excluding hydrogens is 306 g/mol. The number of hydrogen-bond acceptors (Lipinski definition) is 4. The highest BCUT2D eigenvalue weighted by Crippen LogP contribution is 2.52. The van der Waals surface area contributed by atoms with Crippen LogP contribution in [0.3, 0.4) is 0 Å². The molecule has 24 heavy (non-hydrogen) atoms. The molecule has 4 atom stereocenters. The molecule has 1 aromatic carbocycles. The van der Waals surface area contributed by atoms with Crippen LogP contribution in [0.4, 0.5) is 5.69 Å². The zero-order chi connectivity index (χ0) is 16.9. The van der Waals surface area contributed by atoms with Crippen LogP contribution in [0, 0.1) is 11.8 Å². The fraction of sp³-hybridized carbons (Fsp3) is 0.474. The average Bonchev–Trinajstić information content (AvgIpc) is 3.23. The van der Waals surface area contributed by atoms with Gasteiger partial charge in [0.1, 0.15) is 11.5 Å². The van der Waals surface area contributed by atoms with Crippen molar-refractivity contribution >= 4 is 17.6 Å². The summed E-state index contributed by atoms with van der Waals surface area (Å²) >= 11 is 0. The fourth-order valence-corrected chi connectivity index (χ4v) is 4.14. The number of esters is 1. The van der Waals surface area contributed by atoms with Crippen LogP contribution in [0.15, 0.2) is 36.4 Å². The Bertz CT molecular complexity index is 711. The van der Waals surface area contributed by atoms with Gasteiger partial charge in [-0.2, -0.15) is 0 Å². The molecule has 1 aromatic rings. The number of aryl methyl sites for hydroxylation is 1. The summed E-state index contributed by atoms with van der Waals surface area (Å²) in [7, 11) is 0. The van der Waals surface area contributed by atoms with E-state index >= 15 is 0 Å². The molecular formula is C19H21NO4. The van der Waals surface area contributed by atoms with E-state index in [4.69, 9.17) is 9.47 Å². The molecule has 3 aliphatic heterocycles. The first-order valence-electron chi connectivity index (χ1n) is 8.54. The second-order valence-corrected chi connectivity index (χ2v) is 6.60. The van der Waals surface area contributed by atoms with Gasteiger partial charge in [0, 0.05) is 5.69 Å². The van der Waals surface area contributed by atoms with Crippen molar-refractivity contribution in [3.63, 3.8) is 0 Å². The Kier molecular flexibility index (Phi) is 3.49. The van der Waals surface area contributed by atoms with Crippen LogP contribution in [0.25, 0.3) is 0 Å². The van der Waals surface area contributed by atoms with E-state index in [1.807, 2.05) is 36.4 Å². The summed E-state index contributed by atoms with van der Waals surface area (Å²) in [6.45, 7) is 4.63. The lowest BCUT2D eigenvalue weighted by Crippen LogP contribution is -2.40. The summed E-state index contributed by atoms with van der Waals surface area (Å²) in [5.41, 5.74) is 1.39. The lowest BCUT2D eigenvalue weighted by Gasteiger charge is -2.22. The molecule has 0 aromatic heterocycles. The molecule has 5 heteroatoms. The lowest BCUT2D eigenvalue weighted by atomic mass is 9.77. The molecule has 3 aliphatic rings. The summed E-state index contributed by atoms with van der Waals surface area (Å²) in [5, 5.41) is 0. The van der Waals surface area contributed by atoms with E-state index in [2.05, 4.69) is 6.92 Å². The molecule has 1 amide bonds. The number of fused-ring (bicyclic) bond motifs is 1. The van der Waals surface area contributed by atoms with Crippen molar-refractivity contribution < 1.29 is 19.1 Å². The van der Waals surface area contributed by atoms with Gasteiger partial charge in [-0.1, -0.05) is 31.2 Å². The van der Waals surface area contributed by atoms with Gasteiger partial charge in [0.15, 0.2) is 0 Å². The van der Waals surface area contributed by atoms with Crippen molar-refractivity contribution in [3.8, 4) is 0 Å². The van der Waals surface area contributed by atoms with Crippen molar-refractivity contribution in [3.05, 3.63) is 42.0 Å². The van der Waals surface area contributed by atoms with Gasteiger partial charge in [-0.3, -0.25) is 9.59 Å². The Morgan fingerprint density at radius 3 is 2.75 bits per heavy atom. The molecule has 1 spiro atoms. The summed E-state index contributed by atoms with van der Waals surface area (Å²) in [6.07, 6.45) is 4.47. The van der Waals surface area contributed by atoms with Crippen molar-refractivity contribution in [2.45, 2.75) is 32.0 Å². The van der Waals surface area contributed by atoms with Crippen LogP contribution in [0.1, 0.15) is 19.4 Å². The van der Waals surface area contributed by atoms with Crippen LogP contribution in [0.2, 0.25) is 0 Å². The monoisotopic (exact) mass is 327 g/mol. The minimum atomic E-state index is -0.692. The van der Waals surface area contributed by atoms with Crippen LogP contribution in [0.5, 0.6) is 0 Å². The molecule has 0 radical (unpaired) electrons. The van der Waals surface area contributed by atoms with Crippen LogP contribution in [-0.2, 0) is 25.5 Å². The summed E-state index contributed by atoms with van der Waals surface area (Å²) < 4.78 is 11.2. The first-order valence-corrected chi connectivity index (χ1v) is 8.54. The molecule has 2 bridgehead atoms. The number of benzene rings is 1. The van der Waals surface area contributed by atoms with Crippen LogP contribution >= 0.6 is 0 Å². The number of rotatable bonds is 4. The molecule has 2 saturated heterocycles. The SMILES string of the molecule is CCOC(=O)[C@H]1[C@@H]2C=C[C@]3(CN(c4ccc(CC)cc4)C(=O)[C@H]13)O2. The predicted octanol–water partition coefficient (Wildman–Crippen LogP) is 2.10. The second kappa shape index (κ2) is 5.45. The van der Waals surface area contributed by atoms with E-state index in [0.717, 1.165) is 12.1 Å². The van der Waals surface area contributed by atoms with Gasteiger partial charge >= 0.3 is 5.97 Å². The molecule has 0 unspecified atom stereocenters. The van der Waals surface area contributed by atoms with Crippen molar-refractivity contribution in [1.29, 1.82) is 0 Å². The molecule has 0 saturated carbocycles. The molecule has 5 nitrogen and oxygen atoms in total. The zero-order valence-electron chi connectivity index (χ0n) is 13.9. The maximum Gasteiger partial charge on any atom is 0.312 e. The summed E-state index contributed by atoms with van der Waals surface area (Å²) in [5.74, 6) is -1.42. The van der Waals surface area contributed by atoms with Gasteiger partial charge in [-0.25, -0.2) is 0 Å². The largest absolute Gasteiger partial charge is 0.466 e. The van der Waals surface area contributed by atoms with E-state index in [1.165, 1.54) is 5.56 Å². The van der Waals surface area contributed by atoms with Crippen molar-refractivity contribution in [2.75, 3.05) is 18.1 Å². The molecule has 3 heterocycles. The first kappa shape index (κ1) is 15.4. The van der Waals surface area contributed by atoms with Gasteiger partial charge in [0.05, 0.1) is 25.2 Å². The first-order chi connectivity index (χ1) is 11.6. The van der Waals surface area contributed by atoms with E-state index in [-0.39, 0.29) is 18.0 Å². The van der Waals surface area contributed by atoms with E-state index in [9.17, 15) is 9.59 Å². The Labute approximate surface area is 141 Å². The average molecular weight is 327 g/mol. The summed E-state index contributed by atoms with van der Waals surface area (Å²) in [6, 6.07) is 7.99. The van der Waals surface area contributed by atoms with E-state index in [1.54, 1.807) is 11.8 Å². The molecule has 126 valence electrons. The number of nitrogens with zero attached hydrogens (tertiary/aromatic N) is 1. The topological polar surface area (TPSA) is 55.8 Å². The summed E-state index contributed by atoms with van der Waals surface area (Å²) in [4.78, 5) is 27.1. The van der Waals surface area contributed by atoms with E-state index in [0.29, 0.717) is 13.2 Å². The Hall–Kier alpha value is -2.14. The highest BCUT2D eigenvalue weighted by molar-refractivity contribution is 6.02. The molecule has 2 fully saturated rings. The number of carbonyl (C=O) groups excluding carboxylic acids is 2. The smallest absolute Gasteiger partial charge is 0.312 e. The maximum atomic E-state index is 13.0. The quantitative estimate of drug-likeness (QED) is 0.628. The number of hydrogen-bond donors (Lipinski definition) is 0. The van der Waals surface area contributed by atoms with Gasteiger partial charge in [-0.15, -0.1) is 0 Å². The van der Waals surface area contributed by atoms with Crippen molar-refractivity contribution in [1.82, 2.24) is 0 Å². The third-order valence-corrected chi connectivity index (χ3v) is 5.32. The second-order valence-electron chi connectivity index (χ2n) is 6.60. The van der Waals surface area contributed by atoms with Gasteiger partial charge in [0.2, 0.25) is 5.91 Å². The molecule has 0 N–H and O–H groups in total. The normalized spacial score (nSPS) is 33.2. The third kappa shape index (κ3) is 2.04. The van der Waals surface area contributed by atoms with Crippen LogP contribution in [-0.4, -0.2) is 36.7 Å². The highest BCUT2D eigenvalue weighted by Gasteiger charge is 2.67. The minimum Gasteiger partial charge on any atom is -0.466 e. The number of ether oxygens (including phenoxy) is 2. The number of anilines is 1. The van der Waals surface area contributed by atoms with Gasteiger partial charge in [0.25, 0.3) is 0 Å². The Balaban J connectivity index is 1.65. The third-order valence-electron chi connectivity index (χ3n) is 5.32. The van der Waals surface area contributed by atoms with Gasteiger partial charge < -0.3 is 14.4 Å². The van der Waals surface area contributed by atoms with Crippen LogP contribution < -0.4 is 4.90 Å².